The molecule has 0 amide bonds. The van der Waals surface area contributed by atoms with Gasteiger partial charge in [-0.2, -0.15) is 0 Å². The van der Waals surface area contributed by atoms with E-state index in [1.165, 1.54) is 31.2 Å². The van der Waals surface area contributed by atoms with Gasteiger partial charge in [0.2, 0.25) is 0 Å². The molecule has 0 unspecified atom stereocenters. The predicted molar refractivity (Wildman–Crippen MR) is 78.2 cm³/mol. The molecule has 0 spiro atoms. The molecule has 1 aliphatic carbocycles. The van der Waals surface area contributed by atoms with Crippen LogP contribution < -0.4 is 5.32 Å². The van der Waals surface area contributed by atoms with Crippen LogP contribution in [0.3, 0.4) is 0 Å². The highest BCUT2D eigenvalue weighted by molar-refractivity contribution is 5.35. The molecule has 4 heteroatoms. The molecule has 1 saturated carbocycles. The van der Waals surface area contributed by atoms with Crippen LogP contribution in [0.15, 0.2) is 18.3 Å². The standard InChI is InChI=1S/C15H25N3O/c1-2-16-15-8-7-13(11-17-15)12-18(9-10-19)14-5-3-4-6-14/h7-8,11,14,19H,2-6,9-10,12H2,1H3,(H,16,17). The lowest BCUT2D eigenvalue weighted by Crippen LogP contribution is -2.35. The highest BCUT2D eigenvalue weighted by atomic mass is 16.3. The summed E-state index contributed by atoms with van der Waals surface area (Å²) in [5, 5.41) is 12.4. The third-order valence-corrected chi connectivity index (χ3v) is 3.80. The summed E-state index contributed by atoms with van der Waals surface area (Å²) in [6, 6.07) is 4.80. The van der Waals surface area contributed by atoms with E-state index < -0.39 is 0 Å². The zero-order valence-corrected chi connectivity index (χ0v) is 11.8. The number of pyridine rings is 1. The van der Waals surface area contributed by atoms with Gasteiger partial charge in [-0.05, 0) is 31.4 Å². The van der Waals surface area contributed by atoms with Gasteiger partial charge in [0.15, 0.2) is 0 Å². The molecule has 2 N–H and O–H groups in total. The topological polar surface area (TPSA) is 48.4 Å². The fourth-order valence-electron chi connectivity index (χ4n) is 2.83. The summed E-state index contributed by atoms with van der Waals surface area (Å²) >= 11 is 0. The van der Waals surface area contributed by atoms with Crippen molar-refractivity contribution in [2.75, 3.05) is 25.0 Å². The molecule has 19 heavy (non-hydrogen) atoms. The summed E-state index contributed by atoms with van der Waals surface area (Å²) in [4.78, 5) is 6.81. The zero-order valence-electron chi connectivity index (χ0n) is 11.8. The fourth-order valence-corrected chi connectivity index (χ4v) is 2.83. The Balaban J connectivity index is 1.95. The van der Waals surface area contributed by atoms with Crippen molar-refractivity contribution in [2.45, 2.75) is 45.2 Å². The molecule has 0 aliphatic heterocycles. The van der Waals surface area contributed by atoms with Crippen molar-refractivity contribution in [1.29, 1.82) is 0 Å². The summed E-state index contributed by atoms with van der Waals surface area (Å²) in [6.07, 6.45) is 7.12. The van der Waals surface area contributed by atoms with Gasteiger partial charge in [-0.25, -0.2) is 4.98 Å². The van der Waals surface area contributed by atoms with Crippen molar-refractivity contribution in [1.82, 2.24) is 9.88 Å². The van der Waals surface area contributed by atoms with E-state index in [2.05, 4.69) is 28.2 Å². The molecule has 0 aromatic carbocycles. The maximum absolute atomic E-state index is 9.22. The quantitative estimate of drug-likeness (QED) is 0.792. The molecule has 0 bridgehead atoms. The summed E-state index contributed by atoms with van der Waals surface area (Å²) in [7, 11) is 0. The summed E-state index contributed by atoms with van der Waals surface area (Å²) in [5.74, 6) is 0.931. The van der Waals surface area contributed by atoms with Crippen molar-refractivity contribution >= 4 is 5.82 Å². The molecule has 0 radical (unpaired) electrons. The Hall–Kier alpha value is -1.13. The first kappa shape index (κ1) is 14.3. The Morgan fingerprint density at radius 3 is 2.74 bits per heavy atom. The summed E-state index contributed by atoms with van der Waals surface area (Å²) < 4.78 is 0. The fraction of sp³-hybridized carbons (Fsp3) is 0.667. The third-order valence-electron chi connectivity index (χ3n) is 3.80. The van der Waals surface area contributed by atoms with E-state index in [4.69, 9.17) is 0 Å². The second-order valence-corrected chi connectivity index (χ2v) is 5.21. The largest absolute Gasteiger partial charge is 0.395 e. The van der Waals surface area contributed by atoms with E-state index in [1.807, 2.05) is 12.3 Å². The van der Waals surface area contributed by atoms with Gasteiger partial charge in [0, 0.05) is 31.9 Å². The average molecular weight is 263 g/mol. The van der Waals surface area contributed by atoms with E-state index >= 15 is 0 Å². The van der Waals surface area contributed by atoms with Crippen molar-refractivity contribution in [3.05, 3.63) is 23.9 Å². The van der Waals surface area contributed by atoms with E-state index in [9.17, 15) is 5.11 Å². The Morgan fingerprint density at radius 1 is 1.37 bits per heavy atom. The van der Waals surface area contributed by atoms with Crippen molar-refractivity contribution in [2.24, 2.45) is 0 Å². The first-order valence-electron chi connectivity index (χ1n) is 7.37. The van der Waals surface area contributed by atoms with Crippen LogP contribution in [-0.4, -0.2) is 40.7 Å². The van der Waals surface area contributed by atoms with Gasteiger partial charge in [0.25, 0.3) is 0 Å². The van der Waals surface area contributed by atoms with Crippen molar-refractivity contribution in [3.8, 4) is 0 Å². The molecule has 2 rings (SSSR count). The first-order valence-corrected chi connectivity index (χ1v) is 7.37. The van der Waals surface area contributed by atoms with E-state index in [1.54, 1.807) is 0 Å². The van der Waals surface area contributed by atoms with E-state index in [0.29, 0.717) is 6.04 Å². The van der Waals surface area contributed by atoms with E-state index in [-0.39, 0.29) is 6.61 Å². The lowest BCUT2D eigenvalue weighted by atomic mass is 10.1. The van der Waals surface area contributed by atoms with Gasteiger partial charge in [0.1, 0.15) is 5.82 Å². The monoisotopic (exact) mass is 263 g/mol. The number of rotatable bonds is 7. The minimum atomic E-state index is 0.236. The van der Waals surface area contributed by atoms with Crippen LogP contribution in [0.25, 0.3) is 0 Å². The molecule has 1 fully saturated rings. The second-order valence-electron chi connectivity index (χ2n) is 5.21. The number of nitrogens with one attached hydrogen (secondary N) is 1. The minimum absolute atomic E-state index is 0.236. The van der Waals surface area contributed by atoms with Crippen LogP contribution in [0.2, 0.25) is 0 Å². The molecular weight excluding hydrogens is 238 g/mol. The Kier molecular flexibility index (Phi) is 5.61. The molecule has 4 nitrogen and oxygen atoms in total. The molecule has 1 heterocycles. The first-order chi connectivity index (χ1) is 9.33. The lowest BCUT2D eigenvalue weighted by molar-refractivity contribution is 0.144. The molecule has 0 saturated heterocycles. The second kappa shape index (κ2) is 7.46. The Morgan fingerprint density at radius 2 is 2.16 bits per heavy atom. The van der Waals surface area contributed by atoms with Crippen LogP contribution in [0, 0.1) is 0 Å². The van der Waals surface area contributed by atoms with Gasteiger partial charge in [-0.3, -0.25) is 4.90 Å². The minimum Gasteiger partial charge on any atom is -0.395 e. The molecule has 1 aliphatic rings. The number of anilines is 1. The van der Waals surface area contributed by atoms with Crippen LogP contribution >= 0.6 is 0 Å². The SMILES string of the molecule is CCNc1ccc(CN(CCO)C2CCCC2)cn1. The number of aliphatic hydroxyl groups is 1. The van der Waals surface area contributed by atoms with Crippen molar-refractivity contribution in [3.63, 3.8) is 0 Å². The number of hydrogen-bond donors (Lipinski definition) is 2. The molecule has 106 valence electrons. The van der Waals surface area contributed by atoms with Gasteiger partial charge >= 0.3 is 0 Å². The Labute approximate surface area is 115 Å². The van der Waals surface area contributed by atoms with Gasteiger partial charge in [-0.15, -0.1) is 0 Å². The van der Waals surface area contributed by atoms with Crippen LogP contribution in [0.5, 0.6) is 0 Å². The summed E-state index contributed by atoms with van der Waals surface area (Å²) in [5.41, 5.74) is 1.22. The smallest absolute Gasteiger partial charge is 0.125 e. The number of aromatic nitrogens is 1. The van der Waals surface area contributed by atoms with Crippen LogP contribution in [0.1, 0.15) is 38.2 Å². The average Bonchev–Trinajstić information content (AvgIpc) is 2.95. The molecule has 1 aromatic rings. The number of hydrogen-bond acceptors (Lipinski definition) is 4. The zero-order chi connectivity index (χ0) is 13.5. The number of aliphatic hydroxyl groups excluding tert-OH is 1. The third kappa shape index (κ3) is 4.18. The molecule has 0 atom stereocenters. The molecular formula is C15H25N3O. The lowest BCUT2D eigenvalue weighted by Gasteiger charge is -2.28. The van der Waals surface area contributed by atoms with E-state index in [0.717, 1.165) is 25.5 Å². The molecule has 1 aromatic heterocycles. The van der Waals surface area contributed by atoms with Crippen LogP contribution in [0.4, 0.5) is 5.82 Å². The van der Waals surface area contributed by atoms with Crippen molar-refractivity contribution < 1.29 is 5.11 Å². The highest BCUT2D eigenvalue weighted by Gasteiger charge is 2.22. The Bertz CT molecular complexity index is 360. The van der Waals surface area contributed by atoms with Gasteiger partial charge < -0.3 is 10.4 Å². The van der Waals surface area contributed by atoms with Gasteiger partial charge in [-0.1, -0.05) is 18.9 Å². The highest BCUT2D eigenvalue weighted by Crippen LogP contribution is 2.24. The maximum Gasteiger partial charge on any atom is 0.125 e. The normalized spacial score (nSPS) is 16.2. The number of nitrogens with zero attached hydrogens (tertiary/aromatic N) is 2. The summed E-state index contributed by atoms with van der Waals surface area (Å²) in [6.45, 7) is 4.85. The van der Waals surface area contributed by atoms with Crippen LogP contribution in [-0.2, 0) is 6.54 Å². The van der Waals surface area contributed by atoms with Gasteiger partial charge in [0.05, 0.1) is 6.61 Å². The maximum atomic E-state index is 9.22. The predicted octanol–water partition coefficient (Wildman–Crippen LogP) is 2.25.